The van der Waals surface area contributed by atoms with Crippen molar-refractivity contribution in [3.8, 4) is 28.2 Å². The number of anilines is 1. The second kappa shape index (κ2) is 9.31. The zero-order valence-corrected chi connectivity index (χ0v) is 20.0. The molecule has 5 nitrogen and oxygen atoms in total. The molecule has 6 rings (SSSR count). The third-order valence-electron chi connectivity index (χ3n) is 6.29. The lowest BCUT2D eigenvalue weighted by atomic mass is 10.0. The van der Waals surface area contributed by atoms with E-state index in [4.69, 9.17) is 5.10 Å². The Labute approximate surface area is 208 Å². The molecule has 5 aromatic rings. The van der Waals surface area contributed by atoms with Gasteiger partial charge in [0.15, 0.2) is 5.13 Å². The van der Waals surface area contributed by atoms with E-state index in [0.717, 1.165) is 46.7 Å². The molecule has 0 aliphatic heterocycles. The van der Waals surface area contributed by atoms with E-state index in [-0.39, 0.29) is 5.91 Å². The Morgan fingerprint density at radius 1 is 0.829 bits per heavy atom. The Hall–Kier alpha value is -4.03. The predicted molar refractivity (Wildman–Crippen MR) is 141 cm³/mol. The minimum absolute atomic E-state index is 0.142. The molecular formula is C29H24N4OS. The van der Waals surface area contributed by atoms with Gasteiger partial charge in [0.25, 0.3) is 5.91 Å². The van der Waals surface area contributed by atoms with E-state index in [1.807, 2.05) is 65.3 Å². The van der Waals surface area contributed by atoms with Crippen LogP contribution in [-0.4, -0.2) is 20.7 Å². The van der Waals surface area contributed by atoms with Crippen LogP contribution < -0.4 is 5.32 Å². The highest BCUT2D eigenvalue weighted by Gasteiger charge is 2.18. The monoisotopic (exact) mass is 476 g/mol. The Morgan fingerprint density at radius 2 is 1.51 bits per heavy atom. The minimum atomic E-state index is -0.142. The van der Waals surface area contributed by atoms with Crippen molar-refractivity contribution in [3.05, 3.63) is 107 Å². The van der Waals surface area contributed by atoms with E-state index < -0.39 is 0 Å². The third-order valence-corrected chi connectivity index (χ3v) is 7.36. The second-order valence-electron chi connectivity index (χ2n) is 8.66. The van der Waals surface area contributed by atoms with Crippen molar-refractivity contribution >= 4 is 22.4 Å². The summed E-state index contributed by atoms with van der Waals surface area (Å²) >= 11 is 1.60. The molecule has 1 amide bonds. The highest BCUT2D eigenvalue weighted by Crippen LogP contribution is 2.31. The van der Waals surface area contributed by atoms with Crippen LogP contribution in [0.3, 0.4) is 0 Å². The summed E-state index contributed by atoms with van der Waals surface area (Å²) in [7, 11) is 0. The highest BCUT2D eigenvalue weighted by atomic mass is 32.1. The van der Waals surface area contributed by atoms with Crippen LogP contribution in [0.5, 0.6) is 0 Å². The maximum atomic E-state index is 12.9. The van der Waals surface area contributed by atoms with Crippen LogP contribution in [0.4, 0.5) is 5.13 Å². The van der Waals surface area contributed by atoms with Gasteiger partial charge in [-0.2, -0.15) is 5.10 Å². The zero-order valence-electron chi connectivity index (χ0n) is 19.1. The molecule has 3 aromatic carbocycles. The summed E-state index contributed by atoms with van der Waals surface area (Å²) < 4.78 is 1.94. The normalized spacial score (nSPS) is 12.8. The summed E-state index contributed by atoms with van der Waals surface area (Å²) in [6.45, 7) is 0. The van der Waals surface area contributed by atoms with Gasteiger partial charge in [-0.05, 0) is 56.0 Å². The van der Waals surface area contributed by atoms with E-state index in [2.05, 4.69) is 40.6 Å². The van der Waals surface area contributed by atoms with Gasteiger partial charge in [0.05, 0.1) is 22.8 Å². The SMILES string of the molecule is O=C(Nc1nc2c(s1)CCCC2)c1ccc(-n2nc(-c3ccccc3)cc2-c2ccccc2)cc1. The van der Waals surface area contributed by atoms with Gasteiger partial charge in [0, 0.05) is 21.6 Å². The fourth-order valence-electron chi connectivity index (χ4n) is 4.47. The molecule has 0 saturated heterocycles. The maximum Gasteiger partial charge on any atom is 0.257 e. The van der Waals surface area contributed by atoms with E-state index >= 15 is 0 Å². The molecule has 1 aliphatic rings. The first-order valence-corrected chi connectivity index (χ1v) is 12.7. The molecule has 0 fully saturated rings. The number of carbonyl (C=O) groups excluding carboxylic acids is 1. The highest BCUT2D eigenvalue weighted by molar-refractivity contribution is 7.15. The van der Waals surface area contributed by atoms with Gasteiger partial charge < -0.3 is 0 Å². The number of benzene rings is 3. The van der Waals surface area contributed by atoms with Crippen molar-refractivity contribution < 1.29 is 4.79 Å². The van der Waals surface area contributed by atoms with Gasteiger partial charge in [0.2, 0.25) is 0 Å². The van der Waals surface area contributed by atoms with E-state index in [9.17, 15) is 4.79 Å². The van der Waals surface area contributed by atoms with E-state index in [1.165, 1.54) is 17.7 Å². The summed E-state index contributed by atoms with van der Waals surface area (Å²) in [6.07, 6.45) is 4.45. The van der Waals surface area contributed by atoms with Crippen molar-refractivity contribution in [2.24, 2.45) is 0 Å². The molecule has 6 heteroatoms. The lowest BCUT2D eigenvalue weighted by molar-refractivity contribution is 0.102. The van der Waals surface area contributed by atoms with Crippen LogP contribution in [0.1, 0.15) is 33.8 Å². The number of hydrogen-bond acceptors (Lipinski definition) is 4. The lowest BCUT2D eigenvalue weighted by Gasteiger charge is -2.09. The number of aryl methyl sites for hydroxylation is 2. The predicted octanol–water partition coefficient (Wildman–Crippen LogP) is 6.79. The molecule has 0 bridgehead atoms. The quantitative estimate of drug-likeness (QED) is 0.304. The summed E-state index contributed by atoms with van der Waals surface area (Å²) in [5, 5.41) is 8.59. The average molecular weight is 477 g/mol. The average Bonchev–Trinajstić information content (AvgIpc) is 3.54. The number of fused-ring (bicyclic) bond motifs is 1. The van der Waals surface area contributed by atoms with E-state index in [1.54, 1.807) is 11.3 Å². The van der Waals surface area contributed by atoms with Crippen LogP contribution in [0.2, 0.25) is 0 Å². The summed E-state index contributed by atoms with van der Waals surface area (Å²) in [5.41, 5.74) is 6.68. The number of aromatic nitrogens is 3. The largest absolute Gasteiger partial charge is 0.298 e. The molecule has 0 saturated carbocycles. The molecule has 1 aliphatic carbocycles. The number of hydrogen-bond donors (Lipinski definition) is 1. The minimum Gasteiger partial charge on any atom is -0.298 e. The number of nitrogens with one attached hydrogen (secondary N) is 1. The Kier molecular flexibility index (Phi) is 5.72. The Morgan fingerprint density at radius 3 is 2.23 bits per heavy atom. The molecule has 0 unspecified atom stereocenters. The standard InChI is InChI=1S/C29H24N4OS/c34-28(31-29-30-24-13-7-8-14-27(24)35-29)22-15-17-23(18-16-22)33-26(21-11-5-2-6-12-21)19-25(32-33)20-9-3-1-4-10-20/h1-6,9-12,15-19H,7-8,13-14H2,(H,30,31,34). The van der Waals surface area contributed by atoms with Gasteiger partial charge in [-0.3, -0.25) is 10.1 Å². The van der Waals surface area contributed by atoms with Gasteiger partial charge in [0.1, 0.15) is 0 Å². The van der Waals surface area contributed by atoms with Crippen molar-refractivity contribution in [2.45, 2.75) is 25.7 Å². The fourth-order valence-corrected chi connectivity index (χ4v) is 5.52. The maximum absolute atomic E-state index is 12.9. The first-order valence-electron chi connectivity index (χ1n) is 11.9. The molecule has 2 aromatic heterocycles. The number of nitrogens with zero attached hydrogens (tertiary/aromatic N) is 3. The zero-order chi connectivity index (χ0) is 23.6. The lowest BCUT2D eigenvalue weighted by Crippen LogP contribution is -2.12. The topological polar surface area (TPSA) is 59.8 Å². The molecule has 0 atom stereocenters. The summed E-state index contributed by atoms with van der Waals surface area (Å²) in [6, 6.07) is 30.1. The molecule has 172 valence electrons. The number of rotatable bonds is 5. The van der Waals surface area contributed by atoms with Crippen LogP contribution in [-0.2, 0) is 12.8 Å². The van der Waals surface area contributed by atoms with Gasteiger partial charge >= 0.3 is 0 Å². The van der Waals surface area contributed by atoms with Gasteiger partial charge in [-0.15, -0.1) is 11.3 Å². The second-order valence-corrected chi connectivity index (χ2v) is 9.74. The van der Waals surface area contributed by atoms with Crippen molar-refractivity contribution in [3.63, 3.8) is 0 Å². The Bertz CT molecular complexity index is 1450. The van der Waals surface area contributed by atoms with Crippen LogP contribution >= 0.6 is 11.3 Å². The van der Waals surface area contributed by atoms with Crippen LogP contribution in [0.25, 0.3) is 28.2 Å². The summed E-state index contributed by atoms with van der Waals surface area (Å²) in [4.78, 5) is 18.8. The first kappa shape index (κ1) is 21.5. The van der Waals surface area contributed by atoms with Gasteiger partial charge in [-0.25, -0.2) is 9.67 Å². The molecule has 0 radical (unpaired) electrons. The number of thiazole rings is 1. The third kappa shape index (κ3) is 4.40. The molecule has 0 spiro atoms. The van der Waals surface area contributed by atoms with Crippen molar-refractivity contribution in [2.75, 3.05) is 5.32 Å². The van der Waals surface area contributed by atoms with Crippen LogP contribution in [0, 0.1) is 0 Å². The molecule has 1 N–H and O–H groups in total. The first-order chi connectivity index (χ1) is 17.2. The van der Waals surface area contributed by atoms with Crippen molar-refractivity contribution in [1.29, 1.82) is 0 Å². The Balaban J connectivity index is 1.29. The number of amides is 1. The molecular weight excluding hydrogens is 452 g/mol. The summed E-state index contributed by atoms with van der Waals surface area (Å²) in [5.74, 6) is -0.142. The van der Waals surface area contributed by atoms with Gasteiger partial charge in [-0.1, -0.05) is 60.7 Å². The van der Waals surface area contributed by atoms with E-state index in [0.29, 0.717) is 10.7 Å². The smallest absolute Gasteiger partial charge is 0.257 e. The molecule has 35 heavy (non-hydrogen) atoms. The fraction of sp³-hybridized carbons (Fsp3) is 0.138. The van der Waals surface area contributed by atoms with Crippen molar-refractivity contribution in [1.82, 2.24) is 14.8 Å². The van der Waals surface area contributed by atoms with Crippen LogP contribution in [0.15, 0.2) is 91.0 Å². The molecule has 2 heterocycles. The number of carbonyl (C=O) groups is 1.